The van der Waals surface area contributed by atoms with Gasteiger partial charge in [-0.05, 0) is 26.3 Å². The van der Waals surface area contributed by atoms with Crippen LogP contribution in [0.1, 0.15) is 36.2 Å². The number of amides is 2. The van der Waals surface area contributed by atoms with Crippen molar-refractivity contribution < 1.29 is 24.2 Å². The zero-order valence-electron chi connectivity index (χ0n) is 15.5. The zero-order valence-corrected chi connectivity index (χ0v) is 16.3. The number of nitrogens with two attached hydrogens (primary N) is 1. The molecule has 1 aromatic carbocycles. The lowest BCUT2D eigenvalue weighted by Crippen LogP contribution is -2.55. The highest BCUT2D eigenvalue weighted by molar-refractivity contribution is 6.33. The SMILES string of the molecule is CO[C@H]1CN(C(=O)O)CC[C@H]1NC(=O)c1cc(Cl)c(N)c2c1OC(C)(C)C2. The molecule has 0 bridgehead atoms. The number of methoxy groups -OCH3 is 1. The van der Waals surface area contributed by atoms with Gasteiger partial charge in [0.05, 0.1) is 35.0 Å². The maximum Gasteiger partial charge on any atom is 0.407 e. The van der Waals surface area contributed by atoms with E-state index in [0.717, 1.165) is 5.56 Å². The Morgan fingerprint density at radius 2 is 2.19 bits per heavy atom. The molecule has 0 unspecified atom stereocenters. The Balaban J connectivity index is 1.83. The first-order valence-electron chi connectivity index (χ1n) is 8.74. The summed E-state index contributed by atoms with van der Waals surface area (Å²) in [5.74, 6) is 0.109. The molecule has 1 aromatic rings. The number of fused-ring (bicyclic) bond motifs is 1. The summed E-state index contributed by atoms with van der Waals surface area (Å²) in [6.07, 6.45) is -0.422. The highest BCUT2D eigenvalue weighted by Crippen LogP contribution is 2.44. The number of halogens is 1. The molecule has 1 fully saturated rings. The van der Waals surface area contributed by atoms with Crippen LogP contribution in [-0.2, 0) is 11.2 Å². The largest absolute Gasteiger partial charge is 0.486 e. The van der Waals surface area contributed by atoms with Crippen molar-refractivity contribution in [1.82, 2.24) is 10.2 Å². The van der Waals surface area contributed by atoms with Gasteiger partial charge < -0.3 is 30.5 Å². The maximum atomic E-state index is 12.9. The standard InChI is InChI=1S/C18H24ClN3O5/c1-18(2)7-10-14(20)11(19)6-9(15(10)27-18)16(23)21-12-4-5-22(17(24)25)8-13(12)26-3/h6,12-13H,4-5,7-8,20H2,1-3H3,(H,21,23)(H,24,25)/t12-,13+/m1/s1. The fourth-order valence-corrected chi connectivity index (χ4v) is 3.86. The number of hydrogen-bond acceptors (Lipinski definition) is 5. The van der Waals surface area contributed by atoms with Crippen molar-refractivity contribution in [2.24, 2.45) is 0 Å². The lowest BCUT2D eigenvalue weighted by atomic mass is 9.98. The van der Waals surface area contributed by atoms with Crippen LogP contribution in [0.4, 0.5) is 10.5 Å². The highest BCUT2D eigenvalue weighted by Gasteiger charge is 2.38. The van der Waals surface area contributed by atoms with Crippen LogP contribution >= 0.6 is 11.6 Å². The summed E-state index contributed by atoms with van der Waals surface area (Å²) in [7, 11) is 1.50. The number of nitrogens with one attached hydrogen (secondary N) is 1. The van der Waals surface area contributed by atoms with E-state index in [9.17, 15) is 9.59 Å². The number of carboxylic acid groups (broad SMARTS) is 1. The van der Waals surface area contributed by atoms with E-state index < -0.39 is 17.8 Å². The quantitative estimate of drug-likeness (QED) is 0.673. The smallest absolute Gasteiger partial charge is 0.407 e. The molecule has 0 radical (unpaired) electrons. The van der Waals surface area contributed by atoms with E-state index in [1.54, 1.807) is 0 Å². The molecule has 3 rings (SSSR count). The van der Waals surface area contributed by atoms with Gasteiger partial charge in [-0.15, -0.1) is 0 Å². The Bertz CT molecular complexity index is 783. The fraction of sp³-hybridized carbons (Fsp3) is 0.556. The third-order valence-corrected chi connectivity index (χ3v) is 5.36. The summed E-state index contributed by atoms with van der Waals surface area (Å²) < 4.78 is 11.3. The molecule has 2 atom stereocenters. The fourth-order valence-electron chi connectivity index (χ4n) is 3.64. The molecule has 2 aliphatic rings. The van der Waals surface area contributed by atoms with Crippen molar-refractivity contribution in [1.29, 1.82) is 0 Å². The van der Waals surface area contributed by atoms with Gasteiger partial charge in [0, 0.05) is 25.6 Å². The van der Waals surface area contributed by atoms with Crippen LogP contribution in [0.5, 0.6) is 5.75 Å². The van der Waals surface area contributed by atoms with Gasteiger partial charge in [0.15, 0.2) is 0 Å². The van der Waals surface area contributed by atoms with Crippen LogP contribution in [-0.4, -0.2) is 60.0 Å². The van der Waals surface area contributed by atoms with E-state index >= 15 is 0 Å². The molecule has 8 nitrogen and oxygen atoms in total. The topological polar surface area (TPSA) is 114 Å². The maximum absolute atomic E-state index is 12.9. The number of nitrogen functional groups attached to an aromatic ring is 1. The van der Waals surface area contributed by atoms with E-state index in [0.29, 0.717) is 41.4 Å². The summed E-state index contributed by atoms with van der Waals surface area (Å²) in [6.45, 7) is 4.36. The van der Waals surface area contributed by atoms with E-state index in [-0.39, 0.29) is 18.5 Å². The Hall–Kier alpha value is -2.19. The van der Waals surface area contributed by atoms with Gasteiger partial charge in [0.25, 0.3) is 5.91 Å². The minimum Gasteiger partial charge on any atom is -0.486 e. The second-order valence-electron chi connectivity index (χ2n) is 7.54. The van der Waals surface area contributed by atoms with Crippen molar-refractivity contribution in [3.8, 4) is 5.75 Å². The molecule has 0 spiro atoms. The molecule has 0 aromatic heterocycles. The second kappa shape index (κ2) is 7.09. The van der Waals surface area contributed by atoms with Gasteiger partial charge in [-0.2, -0.15) is 0 Å². The van der Waals surface area contributed by atoms with Crippen molar-refractivity contribution in [3.63, 3.8) is 0 Å². The van der Waals surface area contributed by atoms with Crippen LogP contribution in [0.3, 0.4) is 0 Å². The molecular weight excluding hydrogens is 374 g/mol. The Morgan fingerprint density at radius 3 is 2.81 bits per heavy atom. The number of hydrogen-bond donors (Lipinski definition) is 3. The first-order valence-corrected chi connectivity index (χ1v) is 9.12. The number of anilines is 1. The molecule has 0 aliphatic carbocycles. The Labute approximate surface area is 162 Å². The van der Waals surface area contributed by atoms with Crippen molar-refractivity contribution in [3.05, 3.63) is 22.2 Å². The summed E-state index contributed by atoms with van der Waals surface area (Å²) in [5, 5.41) is 12.4. The highest BCUT2D eigenvalue weighted by atomic mass is 35.5. The number of carbonyl (C=O) groups excluding carboxylic acids is 1. The first kappa shape index (κ1) is 19.6. The van der Waals surface area contributed by atoms with Crippen LogP contribution in [0.25, 0.3) is 0 Å². The van der Waals surface area contributed by atoms with Crippen LogP contribution < -0.4 is 15.8 Å². The molecule has 4 N–H and O–H groups in total. The monoisotopic (exact) mass is 397 g/mol. The summed E-state index contributed by atoms with van der Waals surface area (Å²) in [5.41, 5.74) is 7.09. The predicted molar refractivity (Wildman–Crippen MR) is 101 cm³/mol. The Morgan fingerprint density at radius 1 is 1.48 bits per heavy atom. The lowest BCUT2D eigenvalue weighted by Gasteiger charge is -2.36. The molecule has 2 heterocycles. The summed E-state index contributed by atoms with van der Waals surface area (Å²) in [6, 6.07) is 1.19. The molecule has 1 saturated heterocycles. The molecule has 27 heavy (non-hydrogen) atoms. The molecule has 0 saturated carbocycles. The molecule has 2 amide bonds. The Kier molecular flexibility index (Phi) is 5.14. The van der Waals surface area contributed by atoms with E-state index in [1.165, 1.54) is 18.1 Å². The van der Waals surface area contributed by atoms with Crippen molar-refractivity contribution in [2.75, 3.05) is 25.9 Å². The third kappa shape index (κ3) is 3.77. The van der Waals surface area contributed by atoms with Crippen LogP contribution in [0, 0.1) is 0 Å². The average molecular weight is 398 g/mol. The summed E-state index contributed by atoms with van der Waals surface area (Å²) >= 11 is 6.23. The van der Waals surface area contributed by atoms with Gasteiger partial charge in [-0.25, -0.2) is 4.79 Å². The van der Waals surface area contributed by atoms with E-state index in [1.807, 2.05) is 13.8 Å². The first-order chi connectivity index (χ1) is 12.6. The molecular formula is C18H24ClN3O5. The summed E-state index contributed by atoms with van der Waals surface area (Å²) in [4.78, 5) is 25.4. The number of benzene rings is 1. The van der Waals surface area contributed by atoms with Gasteiger partial charge in [-0.1, -0.05) is 11.6 Å². The van der Waals surface area contributed by atoms with Gasteiger partial charge in [0.1, 0.15) is 11.4 Å². The van der Waals surface area contributed by atoms with Gasteiger partial charge in [-0.3, -0.25) is 4.79 Å². The normalized spacial score (nSPS) is 23.5. The van der Waals surface area contributed by atoms with E-state index in [4.69, 9.17) is 31.9 Å². The minimum absolute atomic E-state index is 0.195. The van der Waals surface area contributed by atoms with Crippen LogP contribution in [0.2, 0.25) is 5.02 Å². The van der Waals surface area contributed by atoms with Crippen molar-refractivity contribution >= 4 is 29.3 Å². The molecule has 148 valence electrons. The number of rotatable bonds is 3. The van der Waals surface area contributed by atoms with E-state index in [2.05, 4.69) is 5.32 Å². The number of carbonyl (C=O) groups is 2. The number of ether oxygens (including phenoxy) is 2. The van der Waals surface area contributed by atoms with Gasteiger partial charge >= 0.3 is 6.09 Å². The molecule has 2 aliphatic heterocycles. The minimum atomic E-state index is -0.999. The lowest BCUT2D eigenvalue weighted by molar-refractivity contribution is 0.0101. The van der Waals surface area contributed by atoms with Crippen LogP contribution in [0.15, 0.2) is 6.07 Å². The number of likely N-dealkylation sites (tertiary alicyclic amines) is 1. The van der Waals surface area contributed by atoms with Gasteiger partial charge in [0.2, 0.25) is 0 Å². The molecule has 9 heteroatoms. The number of piperidine rings is 1. The zero-order chi connectivity index (χ0) is 19.9. The van der Waals surface area contributed by atoms with Crippen molar-refractivity contribution in [2.45, 2.75) is 44.4 Å². The number of nitrogens with zero attached hydrogens (tertiary/aromatic N) is 1. The second-order valence-corrected chi connectivity index (χ2v) is 7.94. The third-order valence-electron chi connectivity index (χ3n) is 5.05. The average Bonchev–Trinajstić information content (AvgIpc) is 2.93. The predicted octanol–water partition coefficient (Wildman–Crippen LogP) is 2.13.